The molecule has 3 heterocycles. The van der Waals surface area contributed by atoms with Gasteiger partial charge in [-0.25, -0.2) is 15.0 Å². The normalized spacial score (nSPS) is 16.6. The third kappa shape index (κ3) is 3.19. The number of fused-ring (bicyclic) bond motifs is 2. The molecule has 4 aromatic rings. The van der Waals surface area contributed by atoms with Crippen molar-refractivity contribution >= 4 is 44.8 Å². The molecule has 31 heavy (non-hydrogen) atoms. The summed E-state index contributed by atoms with van der Waals surface area (Å²) >= 11 is 3.51. The zero-order valence-corrected chi connectivity index (χ0v) is 18.2. The van der Waals surface area contributed by atoms with Crippen molar-refractivity contribution in [3.8, 4) is 5.75 Å². The molecule has 7 nitrogen and oxygen atoms in total. The van der Waals surface area contributed by atoms with Gasteiger partial charge in [-0.2, -0.15) is 0 Å². The van der Waals surface area contributed by atoms with E-state index in [2.05, 4.69) is 30.9 Å². The van der Waals surface area contributed by atoms with Crippen LogP contribution in [-0.4, -0.2) is 25.8 Å². The second kappa shape index (κ2) is 7.63. The molecule has 0 spiro atoms. The molecule has 2 N–H and O–H groups in total. The van der Waals surface area contributed by atoms with Crippen LogP contribution >= 0.6 is 15.9 Å². The molecule has 0 radical (unpaired) electrons. The number of nitrogens with zero attached hydrogens (tertiary/aromatic N) is 4. The van der Waals surface area contributed by atoms with Crippen LogP contribution in [0.5, 0.6) is 5.75 Å². The monoisotopic (exact) mass is 475 g/mol. The lowest BCUT2D eigenvalue weighted by Gasteiger charge is -2.31. The Labute approximate surface area is 186 Å². The zero-order chi connectivity index (χ0) is 21.5. The first-order valence-corrected chi connectivity index (χ1v) is 10.5. The maximum atomic E-state index is 12.4. The lowest BCUT2D eigenvalue weighted by molar-refractivity contribution is -0.108. The van der Waals surface area contributed by atoms with E-state index < -0.39 is 5.92 Å². The quantitative estimate of drug-likeness (QED) is 0.436. The highest BCUT2D eigenvalue weighted by atomic mass is 79.9. The first kappa shape index (κ1) is 19.4. The summed E-state index contributed by atoms with van der Waals surface area (Å²) < 4.78 is 9.20. The van der Waals surface area contributed by atoms with Gasteiger partial charge >= 0.3 is 0 Å². The van der Waals surface area contributed by atoms with Crippen molar-refractivity contribution in [3.05, 3.63) is 82.5 Å². The number of carbonyl (C=O) groups excluding carboxylic acids is 1. The fraction of sp³-hybridized carbons (Fsp3) is 0.130. The predicted octanol–water partition coefficient (Wildman–Crippen LogP) is 4.52. The molecule has 1 aliphatic heterocycles. The van der Waals surface area contributed by atoms with E-state index in [1.807, 2.05) is 60.0 Å². The van der Waals surface area contributed by atoms with Crippen molar-refractivity contribution in [2.24, 2.45) is 0 Å². The molecule has 154 valence electrons. The van der Waals surface area contributed by atoms with Gasteiger partial charge in [0.15, 0.2) is 11.5 Å². The van der Waals surface area contributed by atoms with Crippen molar-refractivity contribution in [1.29, 1.82) is 0 Å². The Hall–Kier alpha value is -3.52. The van der Waals surface area contributed by atoms with E-state index in [-0.39, 0.29) is 6.04 Å². The SMILES string of the molecule is CC(C1=C(c2ccccc2)C(C=O)c2cc(Br)ccc2O1)n1cnc2c(N)ncnc21. The van der Waals surface area contributed by atoms with Crippen LogP contribution in [0.25, 0.3) is 16.7 Å². The summed E-state index contributed by atoms with van der Waals surface area (Å²) in [6.07, 6.45) is 4.05. The lowest BCUT2D eigenvalue weighted by Crippen LogP contribution is -2.22. The number of nitrogens with two attached hydrogens (primary N) is 1. The van der Waals surface area contributed by atoms with Gasteiger partial charge in [0.2, 0.25) is 0 Å². The molecule has 2 aromatic heterocycles. The number of allylic oxidation sites excluding steroid dienone is 2. The van der Waals surface area contributed by atoms with Gasteiger partial charge in [0.25, 0.3) is 0 Å². The molecule has 0 aliphatic carbocycles. The molecule has 0 amide bonds. The fourth-order valence-corrected chi connectivity index (χ4v) is 4.39. The summed E-state index contributed by atoms with van der Waals surface area (Å²) in [5.41, 5.74) is 9.66. The van der Waals surface area contributed by atoms with E-state index in [1.165, 1.54) is 6.33 Å². The number of ether oxygens (including phenoxy) is 1. The smallest absolute Gasteiger partial charge is 0.166 e. The van der Waals surface area contributed by atoms with Gasteiger partial charge in [0.1, 0.15) is 29.6 Å². The third-order valence-electron chi connectivity index (χ3n) is 5.51. The molecule has 0 bridgehead atoms. The molecule has 5 rings (SSSR count). The number of halogens is 1. The van der Waals surface area contributed by atoms with E-state index in [1.54, 1.807) is 6.33 Å². The van der Waals surface area contributed by atoms with Gasteiger partial charge < -0.3 is 19.8 Å². The number of anilines is 1. The maximum Gasteiger partial charge on any atom is 0.166 e. The highest BCUT2D eigenvalue weighted by Crippen LogP contribution is 2.46. The highest BCUT2D eigenvalue weighted by Gasteiger charge is 2.34. The summed E-state index contributed by atoms with van der Waals surface area (Å²) in [6, 6.07) is 15.2. The van der Waals surface area contributed by atoms with E-state index in [4.69, 9.17) is 10.5 Å². The molecular weight excluding hydrogens is 458 g/mol. The maximum absolute atomic E-state index is 12.4. The summed E-state index contributed by atoms with van der Waals surface area (Å²) in [6.45, 7) is 1.99. The first-order chi connectivity index (χ1) is 15.1. The van der Waals surface area contributed by atoms with Crippen molar-refractivity contribution in [1.82, 2.24) is 19.5 Å². The van der Waals surface area contributed by atoms with Crippen LogP contribution in [0.15, 0.2) is 71.4 Å². The summed E-state index contributed by atoms with van der Waals surface area (Å²) in [7, 11) is 0. The topological polar surface area (TPSA) is 95.9 Å². The van der Waals surface area contributed by atoms with Gasteiger partial charge in [-0.3, -0.25) is 0 Å². The number of rotatable bonds is 4. The van der Waals surface area contributed by atoms with Crippen LogP contribution < -0.4 is 10.5 Å². The Morgan fingerprint density at radius 2 is 1.97 bits per heavy atom. The minimum atomic E-state index is -0.476. The van der Waals surface area contributed by atoms with Crippen LogP contribution in [0.3, 0.4) is 0 Å². The van der Waals surface area contributed by atoms with E-state index in [0.29, 0.717) is 28.5 Å². The summed E-state index contributed by atoms with van der Waals surface area (Å²) in [5.74, 6) is 1.16. The van der Waals surface area contributed by atoms with Gasteiger partial charge in [-0.05, 0) is 30.7 Å². The van der Waals surface area contributed by atoms with E-state index >= 15 is 0 Å². The van der Waals surface area contributed by atoms with Gasteiger partial charge in [-0.1, -0.05) is 46.3 Å². The number of imidazole rings is 1. The van der Waals surface area contributed by atoms with Crippen LogP contribution in [0.2, 0.25) is 0 Å². The fourth-order valence-electron chi connectivity index (χ4n) is 4.01. The number of carbonyl (C=O) groups is 1. The minimum Gasteiger partial charge on any atom is -0.459 e. The molecule has 8 heteroatoms. The third-order valence-corrected chi connectivity index (χ3v) is 6.00. The van der Waals surface area contributed by atoms with Crippen LogP contribution in [0.4, 0.5) is 5.82 Å². The molecular formula is C23H18BrN5O2. The molecule has 2 atom stereocenters. The van der Waals surface area contributed by atoms with Crippen molar-refractivity contribution in [2.45, 2.75) is 18.9 Å². The summed E-state index contributed by atoms with van der Waals surface area (Å²) in [5, 5.41) is 0. The van der Waals surface area contributed by atoms with Gasteiger partial charge in [0.05, 0.1) is 18.3 Å². The lowest BCUT2D eigenvalue weighted by atomic mass is 9.83. The predicted molar refractivity (Wildman–Crippen MR) is 121 cm³/mol. The molecule has 2 unspecified atom stereocenters. The Balaban J connectivity index is 1.74. The number of aromatic nitrogens is 4. The van der Waals surface area contributed by atoms with Crippen LogP contribution in [0.1, 0.15) is 30.0 Å². The molecule has 0 saturated carbocycles. The Kier molecular flexibility index (Phi) is 4.78. The van der Waals surface area contributed by atoms with E-state index in [0.717, 1.165) is 27.5 Å². The summed E-state index contributed by atoms with van der Waals surface area (Å²) in [4.78, 5) is 25.1. The number of hydrogen-bond donors (Lipinski definition) is 1. The molecule has 0 saturated heterocycles. The highest BCUT2D eigenvalue weighted by molar-refractivity contribution is 9.10. The average molecular weight is 476 g/mol. The van der Waals surface area contributed by atoms with Crippen molar-refractivity contribution in [2.75, 3.05) is 5.73 Å². The number of aldehydes is 1. The second-order valence-electron chi connectivity index (χ2n) is 7.30. The second-order valence-corrected chi connectivity index (χ2v) is 8.22. The first-order valence-electron chi connectivity index (χ1n) is 9.73. The van der Waals surface area contributed by atoms with Gasteiger partial charge in [-0.15, -0.1) is 0 Å². The van der Waals surface area contributed by atoms with Crippen molar-refractivity contribution in [3.63, 3.8) is 0 Å². The zero-order valence-electron chi connectivity index (χ0n) is 16.6. The van der Waals surface area contributed by atoms with Crippen LogP contribution in [0, 0.1) is 0 Å². The molecule has 1 aliphatic rings. The van der Waals surface area contributed by atoms with Gasteiger partial charge in [0, 0.05) is 15.6 Å². The Bertz CT molecular complexity index is 1330. The number of hydrogen-bond acceptors (Lipinski definition) is 6. The Morgan fingerprint density at radius 1 is 1.16 bits per heavy atom. The number of nitrogen functional groups attached to an aromatic ring is 1. The standard InChI is InChI=1S/C23H18BrN5O2/c1-13(29-12-28-20-22(25)26-11-27-23(20)29)21-19(14-5-3-2-4-6-14)17(10-30)16-9-15(24)7-8-18(16)31-21/h2-13,17H,1H3,(H2,25,26,27). The molecule has 2 aromatic carbocycles. The van der Waals surface area contributed by atoms with Crippen molar-refractivity contribution < 1.29 is 9.53 Å². The van der Waals surface area contributed by atoms with Crippen LogP contribution in [-0.2, 0) is 4.79 Å². The number of benzene rings is 2. The Morgan fingerprint density at radius 3 is 2.74 bits per heavy atom. The average Bonchev–Trinajstić information content (AvgIpc) is 3.23. The van der Waals surface area contributed by atoms with E-state index in [9.17, 15) is 4.79 Å². The minimum absolute atomic E-state index is 0.297. The largest absolute Gasteiger partial charge is 0.459 e. The molecule has 0 fully saturated rings.